The lowest BCUT2D eigenvalue weighted by Crippen LogP contribution is -2.48. The second-order valence-corrected chi connectivity index (χ2v) is 13.3. The van der Waals surface area contributed by atoms with Crippen LogP contribution in [0.15, 0.2) is 71.7 Å². The standard InChI is InChI=1S/C35H35N2O2/c1-32(2,3)28-18-26-29(23-14-10-9-13-22(23)28)33(4)34(5,35(33,38)39-6)37-19-36-30-24-16-15-20-11-7-8-12-21(20)25(24)17-27(30)31(26)37/h7-16,18-19,27,30,38H,17H2,1-6H3/q+1. The average molecular weight is 516 g/mol. The molecular weight excluding hydrogens is 480 g/mol. The van der Waals surface area contributed by atoms with Crippen LogP contribution in [-0.4, -0.2) is 40.2 Å². The van der Waals surface area contributed by atoms with E-state index in [0.717, 1.165) is 6.42 Å². The molecule has 1 saturated carbocycles. The highest BCUT2D eigenvalue weighted by molar-refractivity contribution is 6.11. The third kappa shape index (κ3) is 2.46. The number of rotatable bonds is 1. The normalized spacial score (nSPS) is 32.1. The highest BCUT2D eigenvalue weighted by Crippen LogP contribution is 2.71. The van der Waals surface area contributed by atoms with Crippen molar-refractivity contribution in [3.8, 4) is 0 Å². The van der Waals surface area contributed by atoms with Gasteiger partial charge < -0.3 is 9.84 Å². The van der Waals surface area contributed by atoms with Crippen LogP contribution in [0.3, 0.4) is 0 Å². The molecule has 0 radical (unpaired) electrons. The lowest BCUT2D eigenvalue weighted by Gasteiger charge is -2.34. The van der Waals surface area contributed by atoms with Gasteiger partial charge in [-0.3, -0.25) is 0 Å². The van der Waals surface area contributed by atoms with Gasteiger partial charge in [0.15, 0.2) is 11.6 Å². The van der Waals surface area contributed by atoms with E-state index in [0.29, 0.717) is 0 Å². The van der Waals surface area contributed by atoms with E-state index >= 15 is 0 Å². The molecule has 4 nitrogen and oxygen atoms in total. The molecule has 196 valence electrons. The number of hydrogen-bond acceptors (Lipinski definition) is 3. The molecule has 4 aromatic rings. The molecule has 0 aromatic heterocycles. The van der Waals surface area contributed by atoms with Gasteiger partial charge in [-0.2, -0.15) is 0 Å². The van der Waals surface area contributed by atoms with Gasteiger partial charge >= 0.3 is 0 Å². The molecule has 0 amide bonds. The van der Waals surface area contributed by atoms with Crippen molar-refractivity contribution in [1.29, 1.82) is 0 Å². The van der Waals surface area contributed by atoms with Crippen LogP contribution < -0.4 is 0 Å². The Morgan fingerprint density at radius 1 is 0.949 bits per heavy atom. The van der Waals surface area contributed by atoms with E-state index in [-0.39, 0.29) is 17.4 Å². The van der Waals surface area contributed by atoms with Gasteiger partial charge in [0.25, 0.3) is 6.34 Å². The molecule has 8 rings (SSSR count). The van der Waals surface area contributed by atoms with Gasteiger partial charge in [0.05, 0.1) is 5.92 Å². The van der Waals surface area contributed by atoms with Crippen molar-refractivity contribution < 1.29 is 14.4 Å². The second-order valence-electron chi connectivity index (χ2n) is 13.3. The highest BCUT2D eigenvalue weighted by Gasteiger charge is 2.92. The summed E-state index contributed by atoms with van der Waals surface area (Å²) in [5.41, 5.74) is 6.45. The lowest BCUT2D eigenvalue weighted by atomic mass is 9.72. The number of aliphatic hydroxyl groups is 1. The van der Waals surface area contributed by atoms with Gasteiger partial charge in [-0.15, -0.1) is 0 Å². The minimum absolute atomic E-state index is 0.0419. The van der Waals surface area contributed by atoms with E-state index in [9.17, 15) is 5.11 Å². The summed E-state index contributed by atoms with van der Waals surface area (Å²) in [6, 6.07) is 24.5. The summed E-state index contributed by atoms with van der Waals surface area (Å²) in [5, 5.41) is 17.3. The summed E-state index contributed by atoms with van der Waals surface area (Å²) in [6.45, 7) is 11.2. The maximum absolute atomic E-state index is 12.2. The Morgan fingerprint density at radius 2 is 1.64 bits per heavy atom. The van der Waals surface area contributed by atoms with Crippen molar-refractivity contribution >= 4 is 33.6 Å². The lowest BCUT2D eigenvalue weighted by molar-refractivity contribution is -0.491. The van der Waals surface area contributed by atoms with Crippen molar-refractivity contribution in [2.75, 3.05) is 7.11 Å². The van der Waals surface area contributed by atoms with E-state index in [1.807, 2.05) is 6.34 Å². The van der Waals surface area contributed by atoms with Gasteiger partial charge in [-0.05, 0) is 70.0 Å². The maximum Gasteiger partial charge on any atom is 0.281 e. The molecule has 1 fully saturated rings. The van der Waals surface area contributed by atoms with E-state index in [2.05, 4.69) is 106 Å². The van der Waals surface area contributed by atoms with Gasteiger partial charge in [0.1, 0.15) is 11.1 Å². The maximum atomic E-state index is 12.2. The summed E-state index contributed by atoms with van der Waals surface area (Å²) in [7, 11) is 1.64. The number of benzene rings is 4. The second kappa shape index (κ2) is 7.04. The third-order valence-electron chi connectivity index (χ3n) is 10.8. The average Bonchev–Trinajstić information content (AvgIpc) is 3.17. The minimum Gasteiger partial charge on any atom is -0.361 e. The Kier molecular flexibility index (Phi) is 4.25. The first-order valence-electron chi connectivity index (χ1n) is 14.1. The van der Waals surface area contributed by atoms with Crippen LogP contribution in [0.1, 0.15) is 68.5 Å². The van der Waals surface area contributed by atoms with Crippen molar-refractivity contribution in [3.63, 3.8) is 0 Å². The van der Waals surface area contributed by atoms with Gasteiger partial charge in [-0.25, -0.2) is 4.58 Å². The fourth-order valence-electron chi connectivity index (χ4n) is 8.68. The third-order valence-corrected chi connectivity index (χ3v) is 10.8. The van der Waals surface area contributed by atoms with Crippen LogP contribution in [-0.2, 0) is 22.0 Å². The largest absolute Gasteiger partial charge is 0.361 e. The first kappa shape index (κ1) is 23.5. The monoisotopic (exact) mass is 515 g/mol. The van der Waals surface area contributed by atoms with Gasteiger partial charge in [0, 0.05) is 18.2 Å². The first-order valence-corrected chi connectivity index (χ1v) is 14.1. The van der Waals surface area contributed by atoms with Gasteiger partial charge in [0.2, 0.25) is 5.79 Å². The van der Waals surface area contributed by atoms with E-state index < -0.39 is 16.7 Å². The van der Waals surface area contributed by atoms with Crippen molar-refractivity contribution in [2.45, 2.75) is 69.2 Å². The minimum atomic E-state index is -1.35. The summed E-state index contributed by atoms with van der Waals surface area (Å²) in [4.78, 5) is 5.20. The van der Waals surface area contributed by atoms with Crippen LogP contribution in [0.25, 0.3) is 21.5 Å². The zero-order valence-electron chi connectivity index (χ0n) is 23.5. The molecule has 4 aromatic carbocycles. The predicted octanol–water partition coefficient (Wildman–Crippen LogP) is 6.43. The number of aliphatic imine (C=N–C) groups is 1. The smallest absolute Gasteiger partial charge is 0.281 e. The van der Waals surface area contributed by atoms with E-state index in [4.69, 9.17) is 9.73 Å². The van der Waals surface area contributed by atoms with Crippen LogP contribution in [0.5, 0.6) is 0 Å². The van der Waals surface area contributed by atoms with E-state index in [1.165, 1.54) is 55.1 Å². The molecule has 39 heavy (non-hydrogen) atoms. The Labute approximate surface area is 229 Å². The van der Waals surface area contributed by atoms with Crippen molar-refractivity contribution in [3.05, 3.63) is 94.5 Å². The van der Waals surface area contributed by atoms with Crippen molar-refractivity contribution in [2.24, 2.45) is 10.9 Å². The van der Waals surface area contributed by atoms with Crippen LogP contribution in [0.2, 0.25) is 0 Å². The number of methoxy groups -OCH3 is 1. The Bertz CT molecular complexity index is 1830. The molecule has 5 atom stereocenters. The molecule has 2 heterocycles. The number of hydrogen-bond donors (Lipinski definition) is 1. The quantitative estimate of drug-likeness (QED) is 0.235. The number of ether oxygens (including phenoxy) is 1. The Balaban J connectivity index is 1.47. The van der Waals surface area contributed by atoms with Crippen LogP contribution in [0, 0.1) is 5.92 Å². The van der Waals surface area contributed by atoms with E-state index in [1.54, 1.807) is 7.11 Å². The summed E-state index contributed by atoms with van der Waals surface area (Å²) >= 11 is 0. The summed E-state index contributed by atoms with van der Waals surface area (Å²) < 4.78 is 8.31. The SMILES string of the molecule is COC1(O)C2(C)c3c(cc(C(C)(C)C)c4ccccc34)C3=[N+](C=NC4c5ccc6ccccc6c5CC34)C12C. The molecule has 0 bridgehead atoms. The number of nitrogens with zero attached hydrogens (tertiary/aromatic N) is 2. The van der Waals surface area contributed by atoms with Crippen LogP contribution in [0.4, 0.5) is 0 Å². The highest BCUT2D eigenvalue weighted by atomic mass is 16.6. The first-order chi connectivity index (χ1) is 18.6. The molecule has 4 aliphatic rings. The molecule has 0 saturated heterocycles. The summed E-state index contributed by atoms with van der Waals surface area (Å²) in [5.74, 6) is -1.16. The fraction of sp³-hybridized carbons (Fsp3) is 0.371. The molecule has 2 aliphatic heterocycles. The predicted molar refractivity (Wildman–Crippen MR) is 157 cm³/mol. The Morgan fingerprint density at radius 3 is 2.36 bits per heavy atom. The topological polar surface area (TPSA) is 44.8 Å². The van der Waals surface area contributed by atoms with Gasteiger partial charge in [-0.1, -0.05) is 86.4 Å². The molecule has 1 N–H and O–H groups in total. The zero-order chi connectivity index (χ0) is 27.1. The molecule has 2 aliphatic carbocycles. The molecule has 5 unspecified atom stereocenters. The summed E-state index contributed by atoms with van der Waals surface area (Å²) in [6.07, 6.45) is 2.94. The van der Waals surface area contributed by atoms with Crippen LogP contribution >= 0.6 is 0 Å². The van der Waals surface area contributed by atoms with Crippen molar-refractivity contribution in [1.82, 2.24) is 0 Å². The molecule has 0 spiro atoms. The molecular formula is C35H35N2O2+. The Hall–Kier alpha value is -3.34. The fourth-order valence-corrected chi connectivity index (χ4v) is 8.68. The zero-order valence-corrected chi connectivity index (χ0v) is 23.5. The molecule has 4 heteroatoms. The number of fused-ring (bicyclic) bond motifs is 13.